The molecule has 1 aromatic heterocycles. The van der Waals surface area contributed by atoms with Gasteiger partial charge in [-0.25, -0.2) is 9.37 Å². The van der Waals surface area contributed by atoms with Crippen molar-refractivity contribution >= 4 is 30.1 Å². The third kappa shape index (κ3) is 13.3. The second-order valence-electron chi connectivity index (χ2n) is 10.8. The number of aryl methyl sites for hydroxylation is 1. The Bertz CT molecular complexity index is 965. The van der Waals surface area contributed by atoms with Crippen LogP contribution in [-0.4, -0.2) is 46.9 Å². The van der Waals surface area contributed by atoms with Crippen LogP contribution in [-0.2, 0) is 20.9 Å². The number of nitrogens with two attached hydrogens (primary N) is 1. The molecule has 9 heteroatoms. The summed E-state index contributed by atoms with van der Waals surface area (Å²) in [4.78, 5) is 38.0. The van der Waals surface area contributed by atoms with Crippen molar-refractivity contribution in [1.82, 2.24) is 15.2 Å². The van der Waals surface area contributed by atoms with E-state index in [0.29, 0.717) is 31.3 Å². The largest absolute Gasteiger partial charge is 0.372 e. The Morgan fingerprint density at radius 2 is 1.84 bits per heavy atom. The van der Waals surface area contributed by atoms with Gasteiger partial charge in [-0.1, -0.05) is 45.0 Å². The summed E-state index contributed by atoms with van der Waals surface area (Å²) in [6, 6.07) is 8.62. The van der Waals surface area contributed by atoms with Gasteiger partial charge in [0.05, 0.1) is 16.1 Å². The molecule has 0 bridgehead atoms. The topological polar surface area (TPSA) is 105 Å². The van der Waals surface area contributed by atoms with E-state index in [1.807, 2.05) is 29.5 Å². The summed E-state index contributed by atoms with van der Waals surface area (Å²) < 4.78 is 11.8. The zero-order chi connectivity index (χ0) is 28.1. The highest BCUT2D eigenvalue weighted by atomic mass is 32.1. The lowest BCUT2D eigenvalue weighted by Gasteiger charge is -2.26. The Labute approximate surface area is 225 Å². The van der Waals surface area contributed by atoms with Crippen LogP contribution in [0.3, 0.4) is 0 Å². The molecule has 1 aromatic carbocycles. The van der Waals surface area contributed by atoms with Gasteiger partial charge in [-0.2, -0.15) is 0 Å². The highest BCUT2D eigenvalue weighted by Gasteiger charge is 2.36. The van der Waals surface area contributed by atoms with Crippen molar-refractivity contribution in [3.8, 4) is 10.4 Å². The second kappa shape index (κ2) is 15.4. The molecule has 1 aliphatic carbocycles. The molecule has 2 aliphatic rings. The first kappa shape index (κ1) is 32.2. The average molecular weight is 535 g/mol. The van der Waals surface area contributed by atoms with Gasteiger partial charge in [-0.05, 0) is 63.0 Å². The molecule has 0 spiro atoms. The zero-order valence-corrected chi connectivity index (χ0v) is 23.9. The van der Waals surface area contributed by atoms with Crippen LogP contribution < -0.4 is 11.1 Å². The molecule has 1 saturated heterocycles. The van der Waals surface area contributed by atoms with E-state index in [0.717, 1.165) is 30.6 Å². The Balaban J connectivity index is 0.000000290. The molecule has 1 unspecified atom stereocenters. The number of rotatable bonds is 5. The third-order valence-corrected chi connectivity index (χ3v) is 6.82. The molecule has 2 fully saturated rings. The fourth-order valence-corrected chi connectivity index (χ4v) is 4.36. The van der Waals surface area contributed by atoms with Crippen LogP contribution in [0.25, 0.3) is 10.4 Å². The van der Waals surface area contributed by atoms with Crippen LogP contribution in [0.4, 0.5) is 4.39 Å². The molecule has 0 radical (unpaired) electrons. The lowest BCUT2D eigenvalue weighted by Crippen LogP contribution is -2.35. The first-order valence-electron chi connectivity index (χ1n) is 12.6. The van der Waals surface area contributed by atoms with E-state index in [9.17, 15) is 14.0 Å². The zero-order valence-electron chi connectivity index (χ0n) is 23.1. The van der Waals surface area contributed by atoms with Crippen LogP contribution in [0.1, 0.15) is 78.0 Å². The minimum absolute atomic E-state index is 0.124. The lowest BCUT2D eigenvalue weighted by atomic mass is 9.91. The fourth-order valence-electron chi connectivity index (χ4n) is 3.54. The van der Waals surface area contributed by atoms with E-state index in [2.05, 4.69) is 55.9 Å². The van der Waals surface area contributed by atoms with E-state index in [-0.39, 0.29) is 11.8 Å². The number of benzene rings is 1. The predicted octanol–water partition coefficient (Wildman–Crippen LogP) is 5.41. The van der Waals surface area contributed by atoms with Crippen molar-refractivity contribution in [3.63, 3.8) is 0 Å². The lowest BCUT2D eigenvalue weighted by molar-refractivity contribution is -0.133. The molecule has 1 saturated carbocycles. The van der Waals surface area contributed by atoms with Gasteiger partial charge in [-0.15, -0.1) is 11.3 Å². The number of primary amides is 1. The normalized spacial score (nSPS) is 17.1. The summed E-state index contributed by atoms with van der Waals surface area (Å²) in [6.45, 7) is 13.7. The number of halogens is 1. The molecule has 2 aromatic rings. The molecule has 3 amide bonds. The summed E-state index contributed by atoms with van der Waals surface area (Å²) in [6.07, 6.45) is 5.56. The molecule has 2 heterocycles. The van der Waals surface area contributed by atoms with Crippen LogP contribution in [0, 0.1) is 12.3 Å². The number of nitrogens with zero attached hydrogens (tertiary/aromatic N) is 2. The van der Waals surface area contributed by atoms with Gasteiger partial charge in [0.2, 0.25) is 18.7 Å². The van der Waals surface area contributed by atoms with Crippen molar-refractivity contribution < 1.29 is 18.8 Å². The summed E-state index contributed by atoms with van der Waals surface area (Å²) in [5.74, 6) is 0.331. The number of hydrogen-bond donors (Lipinski definition) is 2. The van der Waals surface area contributed by atoms with Crippen LogP contribution in [0.15, 0.2) is 29.8 Å². The van der Waals surface area contributed by atoms with Crippen molar-refractivity contribution in [2.75, 3.05) is 6.54 Å². The van der Waals surface area contributed by atoms with Crippen molar-refractivity contribution in [1.29, 1.82) is 0 Å². The maximum atomic E-state index is 11.8. The Morgan fingerprint density at radius 3 is 2.22 bits per heavy atom. The molecule has 206 valence electrons. The maximum absolute atomic E-state index is 11.8. The highest BCUT2D eigenvalue weighted by molar-refractivity contribution is 7.13. The van der Waals surface area contributed by atoms with Gasteiger partial charge >= 0.3 is 0 Å². The van der Waals surface area contributed by atoms with Gasteiger partial charge in [0.1, 0.15) is 5.67 Å². The number of carbonyl (C=O) groups excluding carboxylic acids is 3. The number of aromatic nitrogens is 1. The number of hydrogen-bond acceptors (Lipinski definition) is 5. The Kier molecular flexibility index (Phi) is 13.4. The van der Waals surface area contributed by atoms with Crippen molar-refractivity contribution in [2.45, 2.75) is 91.9 Å². The number of alkyl halides is 1. The van der Waals surface area contributed by atoms with Gasteiger partial charge in [0, 0.05) is 25.6 Å². The number of thiazole rings is 1. The summed E-state index contributed by atoms with van der Waals surface area (Å²) in [7, 11) is 0. The first-order valence-corrected chi connectivity index (χ1v) is 13.5. The quantitative estimate of drug-likeness (QED) is 0.501. The van der Waals surface area contributed by atoms with E-state index < -0.39 is 5.67 Å². The predicted molar refractivity (Wildman–Crippen MR) is 149 cm³/mol. The van der Waals surface area contributed by atoms with E-state index in [1.165, 1.54) is 23.3 Å². The summed E-state index contributed by atoms with van der Waals surface area (Å²) in [5.41, 5.74) is 8.72. The smallest absolute Gasteiger partial charge is 0.223 e. The highest BCUT2D eigenvalue weighted by Crippen LogP contribution is 2.38. The summed E-state index contributed by atoms with van der Waals surface area (Å²) in [5, 5.41) is 2.64. The van der Waals surface area contributed by atoms with Gasteiger partial charge in [0.25, 0.3) is 0 Å². The second-order valence-corrected chi connectivity index (χ2v) is 11.7. The van der Waals surface area contributed by atoms with Crippen LogP contribution in [0.2, 0.25) is 0 Å². The molecular weight excluding hydrogens is 491 g/mol. The van der Waals surface area contributed by atoms with E-state index >= 15 is 0 Å². The molecule has 3 N–H and O–H groups in total. The minimum Gasteiger partial charge on any atom is -0.372 e. The van der Waals surface area contributed by atoms with Crippen LogP contribution >= 0.6 is 11.3 Å². The third-order valence-electron chi connectivity index (χ3n) is 5.85. The molecule has 4 rings (SSSR count). The van der Waals surface area contributed by atoms with Gasteiger partial charge in [-0.3, -0.25) is 14.4 Å². The van der Waals surface area contributed by atoms with E-state index in [4.69, 9.17) is 4.79 Å². The van der Waals surface area contributed by atoms with Crippen molar-refractivity contribution in [3.05, 3.63) is 41.0 Å². The Hall–Kier alpha value is -2.81. The monoisotopic (exact) mass is 534 g/mol. The minimum atomic E-state index is -0.750. The number of likely N-dealkylation sites (tertiary alicyclic amines) is 1. The fraction of sp³-hybridized carbons (Fsp3) is 0.571. The van der Waals surface area contributed by atoms with Gasteiger partial charge < -0.3 is 16.0 Å². The molecular formula is C28H43FN4O3S. The molecule has 37 heavy (non-hydrogen) atoms. The number of carbonyl (C=O) groups is 3. The van der Waals surface area contributed by atoms with Gasteiger partial charge in [0.15, 0.2) is 0 Å². The standard InChI is InChI=1S/C12H12N2OS.C11H21NO.C4H7F.CH3NO/c1-9-12(16-8-14-9)11-4-2-10(3-5-11)6-13-7-15;1-9-6-5-7-12(9)10(13)8-11(2,3)4;1-4(5)2-3-4;2-1-3/h2-5,7-8H,6H2,1H3,(H,13,15);9H,5-8H2,1-4H3;2-3H2,1H3;1H,(H2,2,3). The molecule has 1 atom stereocenters. The maximum Gasteiger partial charge on any atom is 0.223 e. The molecule has 7 nitrogen and oxygen atoms in total. The number of amides is 3. The molecule has 1 aliphatic heterocycles. The number of nitrogens with one attached hydrogen (secondary N) is 1. The first-order chi connectivity index (χ1) is 17.3. The van der Waals surface area contributed by atoms with Crippen molar-refractivity contribution in [2.24, 2.45) is 11.1 Å². The van der Waals surface area contributed by atoms with E-state index in [1.54, 1.807) is 18.3 Å². The summed E-state index contributed by atoms with van der Waals surface area (Å²) >= 11 is 1.64. The SMILES string of the molecule is CC1(F)CC1.CC1CCCN1C(=O)CC(C)(C)C.Cc1ncsc1-c1ccc(CNC=O)cc1.NC=O. The Morgan fingerprint density at radius 1 is 1.27 bits per heavy atom. The average Bonchev–Trinajstić information content (AvgIpc) is 3.16. The van der Waals surface area contributed by atoms with Crippen LogP contribution in [0.5, 0.6) is 0 Å².